The molecule has 0 bridgehead atoms. The fourth-order valence-electron chi connectivity index (χ4n) is 3.97. The average molecular weight is 473 g/mol. The lowest BCUT2D eigenvalue weighted by Gasteiger charge is -2.32. The molecule has 1 N–H and O–H groups in total. The van der Waals surface area contributed by atoms with E-state index in [9.17, 15) is 9.59 Å². The summed E-state index contributed by atoms with van der Waals surface area (Å²) in [5.41, 5.74) is 4.06. The minimum absolute atomic E-state index is 0.135. The number of hydrogen-bond acceptors (Lipinski definition) is 3. The van der Waals surface area contributed by atoms with Gasteiger partial charge in [0.1, 0.15) is 11.8 Å². The first kappa shape index (κ1) is 26.0. The van der Waals surface area contributed by atoms with Crippen LogP contribution in [0.5, 0.6) is 5.75 Å². The van der Waals surface area contributed by atoms with E-state index in [1.165, 1.54) is 0 Å². The second-order valence-corrected chi connectivity index (χ2v) is 8.85. The van der Waals surface area contributed by atoms with E-state index < -0.39 is 6.04 Å². The van der Waals surface area contributed by atoms with Crippen LogP contribution in [0.2, 0.25) is 0 Å². The standard InChI is InChI=1S/C30H36N2O3/c1-4-5-19-31-30(34)27(20-25-15-7-6-8-16-25)32(21-26-17-11-9-13-23(26)2)29(33)22-35-28-18-12-10-14-24(28)3/h6-18,27H,4-5,19-22H2,1-3H3,(H,31,34)/t27-/m1/s1. The molecule has 0 aliphatic heterocycles. The van der Waals surface area contributed by atoms with Gasteiger partial charge in [0.05, 0.1) is 0 Å². The Balaban J connectivity index is 1.90. The van der Waals surface area contributed by atoms with Gasteiger partial charge in [-0.3, -0.25) is 9.59 Å². The second kappa shape index (κ2) is 13.3. The minimum Gasteiger partial charge on any atom is -0.484 e. The number of nitrogens with zero attached hydrogens (tertiary/aromatic N) is 1. The third-order valence-corrected chi connectivity index (χ3v) is 6.15. The molecule has 0 saturated heterocycles. The SMILES string of the molecule is CCCCNC(=O)[C@@H](Cc1ccccc1)N(Cc1ccccc1C)C(=O)COc1ccccc1C. The van der Waals surface area contributed by atoms with Crippen molar-refractivity contribution in [1.29, 1.82) is 0 Å². The third kappa shape index (κ3) is 7.71. The highest BCUT2D eigenvalue weighted by atomic mass is 16.5. The number of carbonyl (C=O) groups excluding carboxylic acids is 2. The molecule has 0 radical (unpaired) electrons. The smallest absolute Gasteiger partial charge is 0.261 e. The molecule has 5 heteroatoms. The van der Waals surface area contributed by atoms with Crippen molar-refractivity contribution in [2.45, 2.75) is 52.6 Å². The molecule has 5 nitrogen and oxygen atoms in total. The van der Waals surface area contributed by atoms with Gasteiger partial charge in [-0.2, -0.15) is 0 Å². The number of amides is 2. The molecule has 0 aromatic heterocycles. The summed E-state index contributed by atoms with van der Waals surface area (Å²) in [6.07, 6.45) is 2.31. The van der Waals surface area contributed by atoms with E-state index in [4.69, 9.17) is 4.74 Å². The van der Waals surface area contributed by atoms with E-state index in [0.29, 0.717) is 25.3 Å². The summed E-state index contributed by atoms with van der Waals surface area (Å²) < 4.78 is 5.90. The van der Waals surface area contributed by atoms with Crippen molar-refractivity contribution in [1.82, 2.24) is 10.2 Å². The predicted octanol–water partition coefficient (Wildman–Crippen LogP) is 5.24. The van der Waals surface area contributed by atoms with Crippen LogP contribution in [-0.4, -0.2) is 35.9 Å². The lowest BCUT2D eigenvalue weighted by atomic mass is 10.0. The van der Waals surface area contributed by atoms with Crippen LogP contribution >= 0.6 is 0 Å². The lowest BCUT2D eigenvalue weighted by molar-refractivity contribution is -0.142. The maximum atomic E-state index is 13.6. The summed E-state index contributed by atoms with van der Waals surface area (Å²) in [6, 6.07) is 24.8. The van der Waals surface area contributed by atoms with Crippen LogP contribution in [0.1, 0.15) is 42.0 Å². The van der Waals surface area contributed by atoms with Crippen molar-refractivity contribution in [2.24, 2.45) is 0 Å². The first-order valence-electron chi connectivity index (χ1n) is 12.3. The maximum Gasteiger partial charge on any atom is 0.261 e. The Morgan fingerprint density at radius 2 is 1.54 bits per heavy atom. The van der Waals surface area contributed by atoms with Gasteiger partial charge in [-0.15, -0.1) is 0 Å². The lowest BCUT2D eigenvalue weighted by Crippen LogP contribution is -2.52. The molecule has 184 valence electrons. The van der Waals surface area contributed by atoms with Crippen LogP contribution in [0.3, 0.4) is 0 Å². The van der Waals surface area contributed by atoms with Crippen LogP contribution in [0.15, 0.2) is 78.9 Å². The van der Waals surface area contributed by atoms with Gasteiger partial charge in [-0.05, 0) is 48.6 Å². The van der Waals surface area contributed by atoms with Gasteiger partial charge in [0.2, 0.25) is 5.91 Å². The Morgan fingerprint density at radius 1 is 0.886 bits per heavy atom. The number of carbonyl (C=O) groups is 2. The Bertz CT molecular complexity index is 1100. The van der Waals surface area contributed by atoms with Crippen molar-refractivity contribution in [2.75, 3.05) is 13.2 Å². The highest BCUT2D eigenvalue weighted by Gasteiger charge is 2.30. The summed E-state index contributed by atoms with van der Waals surface area (Å²) in [5, 5.41) is 3.05. The molecule has 0 spiro atoms. The number of rotatable bonds is 12. The number of unbranched alkanes of at least 4 members (excludes halogenated alkanes) is 1. The summed E-state index contributed by atoms with van der Waals surface area (Å²) in [6.45, 7) is 6.85. The predicted molar refractivity (Wildman–Crippen MR) is 140 cm³/mol. The van der Waals surface area contributed by atoms with Gasteiger partial charge in [0.25, 0.3) is 5.91 Å². The van der Waals surface area contributed by atoms with E-state index in [1.807, 2.05) is 92.7 Å². The van der Waals surface area contributed by atoms with E-state index in [-0.39, 0.29) is 18.4 Å². The summed E-state index contributed by atoms with van der Waals surface area (Å²) in [7, 11) is 0. The molecule has 0 aliphatic rings. The van der Waals surface area contributed by atoms with E-state index in [0.717, 1.165) is 35.1 Å². The van der Waals surface area contributed by atoms with E-state index in [1.54, 1.807) is 4.90 Å². The summed E-state index contributed by atoms with van der Waals surface area (Å²) in [4.78, 5) is 28.7. The van der Waals surface area contributed by atoms with Crippen LogP contribution < -0.4 is 10.1 Å². The zero-order valence-electron chi connectivity index (χ0n) is 21.0. The van der Waals surface area contributed by atoms with Gasteiger partial charge >= 0.3 is 0 Å². The van der Waals surface area contributed by atoms with Gasteiger partial charge < -0.3 is 15.0 Å². The Kier molecular flexibility index (Phi) is 9.91. The van der Waals surface area contributed by atoms with Crippen LogP contribution in [0.4, 0.5) is 0 Å². The fraction of sp³-hybridized carbons (Fsp3) is 0.333. The topological polar surface area (TPSA) is 58.6 Å². The van der Waals surface area contributed by atoms with Crippen molar-refractivity contribution in [3.8, 4) is 5.75 Å². The molecule has 0 fully saturated rings. The number of ether oxygens (including phenoxy) is 1. The zero-order valence-corrected chi connectivity index (χ0v) is 21.0. The zero-order chi connectivity index (χ0) is 25.0. The normalized spacial score (nSPS) is 11.5. The molecule has 3 aromatic carbocycles. The van der Waals surface area contributed by atoms with E-state index in [2.05, 4.69) is 12.2 Å². The molecular formula is C30H36N2O3. The van der Waals surface area contributed by atoms with Gasteiger partial charge in [-0.1, -0.05) is 86.1 Å². The number of nitrogens with one attached hydrogen (secondary N) is 1. The molecule has 35 heavy (non-hydrogen) atoms. The van der Waals surface area contributed by atoms with Gasteiger partial charge in [0.15, 0.2) is 6.61 Å². The van der Waals surface area contributed by atoms with Crippen molar-refractivity contribution in [3.05, 3.63) is 101 Å². The number of hydrogen-bond donors (Lipinski definition) is 1. The molecule has 0 unspecified atom stereocenters. The second-order valence-electron chi connectivity index (χ2n) is 8.85. The average Bonchev–Trinajstić information content (AvgIpc) is 2.87. The van der Waals surface area contributed by atoms with Crippen LogP contribution in [0, 0.1) is 13.8 Å². The highest BCUT2D eigenvalue weighted by Crippen LogP contribution is 2.19. The largest absolute Gasteiger partial charge is 0.484 e. The summed E-state index contributed by atoms with van der Waals surface area (Å²) >= 11 is 0. The monoisotopic (exact) mass is 472 g/mol. The van der Waals surface area contributed by atoms with Crippen LogP contribution in [-0.2, 0) is 22.6 Å². The first-order valence-corrected chi connectivity index (χ1v) is 12.3. The van der Waals surface area contributed by atoms with Gasteiger partial charge in [0, 0.05) is 19.5 Å². The summed E-state index contributed by atoms with van der Waals surface area (Å²) in [5.74, 6) is 0.312. The quantitative estimate of drug-likeness (QED) is 0.367. The molecule has 3 rings (SSSR count). The number of benzene rings is 3. The Labute approximate surface area is 209 Å². The minimum atomic E-state index is -0.651. The van der Waals surface area contributed by atoms with Gasteiger partial charge in [-0.25, -0.2) is 0 Å². The molecular weight excluding hydrogens is 436 g/mol. The molecule has 2 amide bonds. The van der Waals surface area contributed by atoms with Crippen molar-refractivity contribution < 1.29 is 14.3 Å². The number of aryl methyl sites for hydroxylation is 2. The van der Waals surface area contributed by atoms with Crippen molar-refractivity contribution >= 4 is 11.8 Å². The molecule has 0 saturated carbocycles. The Morgan fingerprint density at radius 3 is 2.23 bits per heavy atom. The maximum absolute atomic E-state index is 13.6. The first-order chi connectivity index (χ1) is 17.0. The molecule has 1 atom stereocenters. The molecule has 0 aliphatic carbocycles. The number of para-hydroxylation sites is 1. The third-order valence-electron chi connectivity index (χ3n) is 6.15. The van der Waals surface area contributed by atoms with Crippen molar-refractivity contribution in [3.63, 3.8) is 0 Å². The highest BCUT2D eigenvalue weighted by molar-refractivity contribution is 5.88. The molecule has 3 aromatic rings. The van der Waals surface area contributed by atoms with E-state index >= 15 is 0 Å². The fourth-order valence-corrected chi connectivity index (χ4v) is 3.97. The Hall–Kier alpha value is -3.60. The van der Waals surface area contributed by atoms with Crippen LogP contribution in [0.25, 0.3) is 0 Å². The molecule has 0 heterocycles.